The molecule has 102 valence electrons. The molecule has 1 aromatic carbocycles. The van der Waals surface area contributed by atoms with Crippen molar-refractivity contribution in [1.82, 2.24) is 15.1 Å². The summed E-state index contributed by atoms with van der Waals surface area (Å²) < 4.78 is 2.09. The largest absolute Gasteiger partial charge is 0.313 e. The fourth-order valence-corrected chi connectivity index (χ4v) is 2.19. The van der Waals surface area contributed by atoms with E-state index in [-0.39, 0.29) is 0 Å². The van der Waals surface area contributed by atoms with Gasteiger partial charge in [0.25, 0.3) is 0 Å². The maximum atomic E-state index is 4.46. The summed E-state index contributed by atoms with van der Waals surface area (Å²) in [5.41, 5.74) is 5.01. The van der Waals surface area contributed by atoms with Crippen LogP contribution in [0.2, 0.25) is 0 Å². The van der Waals surface area contributed by atoms with Crippen molar-refractivity contribution in [3.8, 4) is 0 Å². The van der Waals surface area contributed by atoms with Gasteiger partial charge in [-0.3, -0.25) is 4.68 Å². The van der Waals surface area contributed by atoms with Gasteiger partial charge in [-0.05, 0) is 45.4 Å². The Morgan fingerprint density at radius 2 is 1.84 bits per heavy atom. The van der Waals surface area contributed by atoms with Gasteiger partial charge < -0.3 is 5.32 Å². The van der Waals surface area contributed by atoms with Gasteiger partial charge in [0, 0.05) is 18.8 Å². The summed E-state index contributed by atoms with van der Waals surface area (Å²) >= 11 is 0. The van der Waals surface area contributed by atoms with Crippen LogP contribution in [0.4, 0.5) is 0 Å². The number of nitrogens with zero attached hydrogens (tertiary/aromatic N) is 2. The van der Waals surface area contributed by atoms with E-state index in [0.29, 0.717) is 0 Å². The molecule has 0 saturated heterocycles. The minimum absolute atomic E-state index is 0.942. The van der Waals surface area contributed by atoms with E-state index in [9.17, 15) is 0 Å². The van der Waals surface area contributed by atoms with E-state index in [1.807, 2.05) is 6.92 Å². The second kappa shape index (κ2) is 6.53. The Kier molecular flexibility index (Phi) is 4.74. The zero-order chi connectivity index (χ0) is 13.7. The van der Waals surface area contributed by atoms with Crippen molar-refractivity contribution in [3.05, 3.63) is 52.8 Å². The fraction of sp³-hybridized carbons (Fsp3) is 0.438. The van der Waals surface area contributed by atoms with Crippen LogP contribution >= 0.6 is 0 Å². The molecule has 0 fully saturated rings. The lowest BCUT2D eigenvalue weighted by atomic mass is 10.1. The van der Waals surface area contributed by atoms with Crippen LogP contribution < -0.4 is 5.32 Å². The van der Waals surface area contributed by atoms with Crippen LogP contribution in [0.25, 0.3) is 0 Å². The van der Waals surface area contributed by atoms with Gasteiger partial charge in [-0.25, -0.2) is 0 Å². The number of benzene rings is 1. The molecule has 0 aliphatic rings. The lowest BCUT2D eigenvalue weighted by Crippen LogP contribution is -2.17. The molecule has 1 heterocycles. The molecule has 0 amide bonds. The highest BCUT2D eigenvalue weighted by Gasteiger charge is 1.99. The average molecular weight is 257 g/mol. The molecule has 3 nitrogen and oxygen atoms in total. The molecule has 1 N–H and O–H groups in total. The van der Waals surface area contributed by atoms with Gasteiger partial charge in [0.2, 0.25) is 0 Å². The molecule has 0 saturated carbocycles. The first-order valence-corrected chi connectivity index (χ1v) is 6.92. The molecular weight excluding hydrogens is 234 g/mol. The molecule has 0 aliphatic carbocycles. The van der Waals surface area contributed by atoms with Crippen LogP contribution in [0.1, 0.15) is 28.9 Å². The van der Waals surface area contributed by atoms with E-state index in [4.69, 9.17) is 0 Å². The molecule has 2 aromatic rings. The van der Waals surface area contributed by atoms with Crippen molar-refractivity contribution < 1.29 is 0 Å². The number of hydrogen-bond acceptors (Lipinski definition) is 2. The third kappa shape index (κ3) is 4.21. The molecule has 0 atom stereocenters. The zero-order valence-corrected chi connectivity index (χ0v) is 12.1. The van der Waals surface area contributed by atoms with Gasteiger partial charge in [0.1, 0.15) is 0 Å². The molecule has 0 bridgehead atoms. The number of rotatable bonds is 6. The quantitative estimate of drug-likeness (QED) is 0.806. The fourth-order valence-electron chi connectivity index (χ4n) is 2.19. The van der Waals surface area contributed by atoms with Crippen LogP contribution in [-0.2, 0) is 13.1 Å². The molecule has 0 aliphatic heterocycles. The summed E-state index contributed by atoms with van der Waals surface area (Å²) in [7, 11) is 0. The predicted molar refractivity (Wildman–Crippen MR) is 79.2 cm³/mol. The van der Waals surface area contributed by atoms with E-state index < -0.39 is 0 Å². The molecule has 2 rings (SSSR count). The van der Waals surface area contributed by atoms with E-state index in [1.54, 1.807) is 0 Å². The van der Waals surface area contributed by atoms with Gasteiger partial charge in [-0.15, -0.1) is 0 Å². The van der Waals surface area contributed by atoms with Gasteiger partial charge in [-0.1, -0.05) is 29.8 Å². The Labute approximate surface area is 115 Å². The summed E-state index contributed by atoms with van der Waals surface area (Å²) in [5.74, 6) is 0. The number of hydrogen-bond donors (Lipinski definition) is 1. The Bertz CT molecular complexity index is 511. The standard InChI is InChI=1S/C16H23N3/c1-13-5-7-16(8-6-13)12-17-9-4-10-19-15(3)11-14(2)18-19/h5-8,11,17H,4,9-10,12H2,1-3H3. The van der Waals surface area contributed by atoms with Crippen molar-refractivity contribution in [1.29, 1.82) is 0 Å². The second-order valence-corrected chi connectivity index (χ2v) is 5.17. The number of aromatic nitrogens is 2. The van der Waals surface area contributed by atoms with Gasteiger partial charge >= 0.3 is 0 Å². The topological polar surface area (TPSA) is 29.9 Å². The zero-order valence-electron chi connectivity index (χ0n) is 12.1. The first kappa shape index (κ1) is 13.8. The van der Waals surface area contributed by atoms with Crippen molar-refractivity contribution in [2.75, 3.05) is 6.54 Å². The third-order valence-electron chi connectivity index (χ3n) is 3.28. The first-order chi connectivity index (χ1) is 9.15. The van der Waals surface area contributed by atoms with Gasteiger partial charge in [0.05, 0.1) is 5.69 Å². The maximum Gasteiger partial charge on any atom is 0.0596 e. The first-order valence-electron chi connectivity index (χ1n) is 6.92. The number of nitrogens with one attached hydrogen (secondary N) is 1. The highest BCUT2D eigenvalue weighted by atomic mass is 15.3. The van der Waals surface area contributed by atoms with Gasteiger partial charge in [-0.2, -0.15) is 5.10 Å². The highest BCUT2D eigenvalue weighted by molar-refractivity contribution is 5.21. The Morgan fingerprint density at radius 1 is 1.11 bits per heavy atom. The monoisotopic (exact) mass is 257 g/mol. The van der Waals surface area contributed by atoms with Crippen LogP contribution in [0.5, 0.6) is 0 Å². The Morgan fingerprint density at radius 3 is 2.47 bits per heavy atom. The lowest BCUT2D eigenvalue weighted by Gasteiger charge is -2.07. The SMILES string of the molecule is Cc1ccc(CNCCCn2nc(C)cc2C)cc1. The van der Waals surface area contributed by atoms with Crippen LogP contribution in [0.15, 0.2) is 30.3 Å². The van der Waals surface area contributed by atoms with E-state index in [1.165, 1.54) is 16.8 Å². The number of aryl methyl sites for hydroxylation is 4. The molecule has 0 unspecified atom stereocenters. The van der Waals surface area contributed by atoms with E-state index in [2.05, 4.69) is 59.3 Å². The lowest BCUT2D eigenvalue weighted by molar-refractivity contribution is 0.532. The molecule has 0 spiro atoms. The van der Waals surface area contributed by atoms with Crippen molar-refractivity contribution in [2.24, 2.45) is 0 Å². The second-order valence-electron chi connectivity index (χ2n) is 5.17. The van der Waals surface area contributed by atoms with Crippen LogP contribution in [0, 0.1) is 20.8 Å². The van der Waals surface area contributed by atoms with Gasteiger partial charge in [0.15, 0.2) is 0 Å². The highest BCUT2D eigenvalue weighted by Crippen LogP contribution is 2.04. The van der Waals surface area contributed by atoms with Crippen molar-refractivity contribution in [3.63, 3.8) is 0 Å². The normalized spacial score (nSPS) is 10.9. The maximum absolute atomic E-state index is 4.46. The van der Waals surface area contributed by atoms with E-state index >= 15 is 0 Å². The Balaban J connectivity index is 1.67. The summed E-state index contributed by atoms with van der Waals surface area (Å²) in [6.45, 7) is 9.22. The smallest absolute Gasteiger partial charge is 0.0596 e. The Hall–Kier alpha value is -1.61. The molecular formula is C16H23N3. The molecule has 3 heteroatoms. The summed E-state index contributed by atoms with van der Waals surface area (Å²) in [4.78, 5) is 0. The summed E-state index contributed by atoms with van der Waals surface area (Å²) in [6.07, 6.45) is 1.10. The molecule has 19 heavy (non-hydrogen) atoms. The predicted octanol–water partition coefficient (Wildman–Crippen LogP) is 2.99. The van der Waals surface area contributed by atoms with Crippen LogP contribution in [-0.4, -0.2) is 16.3 Å². The third-order valence-corrected chi connectivity index (χ3v) is 3.28. The molecule has 1 aromatic heterocycles. The van der Waals surface area contributed by atoms with E-state index in [0.717, 1.165) is 31.7 Å². The van der Waals surface area contributed by atoms with Crippen molar-refractivity contribution >= 4 is 0 Å². The minimum Gasteiger partial charge on any atom is -0.313 e. The average Bonchev–Trinajstić information content (AvgIpc) is 2.70. The van der Waals surface area contributed by atoms with Crippen LogP contribution in [0.3, 0.4) is 0 Å². The van der Waals surface area contributed by atoms with Crippen molar-refractivity contribution in [2.45, 2.75) is 40.3 Å². The minimum atomic E-state index is 0.942. The summed E-state index contributed by atoms with van der Waals surface area (Å²) in [5, 5.41) is 7.94. The molecule has 0 radical (unpaired) electrons. The summed E-state index contributed by atoms with van der Waals surface area (Å²) in [6, 6.07) is 10.8.